The molecule has 0 saturated heterocycles. The fraction of sp³-hybridized carbons (Fsp3) is 0.143. The minimum Gasteiger partial charge on any atom is -0.392 e. The highest BCUT2D eigenvalue weighted by Gasteiger charge is 2.04. The molecule has 0 aliphatic rings. The lowest BCUT2D eigenvalue weighted by Crippen LogP contribution is -1.92. The number of aliphatic hydroxyl groups excluding tert-OH is 1. The summed E-state index contributed by atoms with van der Waals surface area (Å²) in [5.41, 5.74) is 2.24. The molecule has 0 radical (unpaired) electrons. The Morgan fingerprint density at radius 2 is 1.14 bits per heavy atom. The molecular formula is C14H9ClI6O. The van der Waals surface area contributed by atoms with Crippen LogP contribution in [-0.4, -0.2) is 5.11 Å². The highest BCUT2D eigenvalue weighted by atomic mass is 127. The molecule has 8 heteroatoms. The van der Waals surface area contributed by atoms with Crippen molar-refractivity contribution in [2.45, 2.75) is 12.5 Å². The zero-order valence-electron chi connectivity index (χ0n) is 10.8. The SMILES string of the molecule is ClCc1cc(I)cc(I)c1I.OCc1cc(I)cc(I)c1I. The second-order valence-electron chi connectivity index (χ2n) is 4.01. The average molecular weight is 990 g/mol. The van der Waals surface area contributed by atoms with Gasteiger partial charge in [-0.05, 0) is 171 Å². The summed E-state index contributed by atoms with van der Waals surface area (Å²) in [6.45, 7) is 0.130. The fourth-order valence-corrected chi connectivity index (χ4v) is 6.78. The molecule has 0 fully saturated rings. The molecule has 2 aromatic rings. The molecule has 1 N–H and O–H groups in total. The molecule has 0 bridgehead atoms. The Bertz CT molecular complexity index is 605. The van der Waals surface area contributed by atoms with Crippen molar-refractivity contribution in [1.29, 1.82) is 0 Å². The van der Waals surface area contributed by atoms with Crippen molar-refractivity contribution in [3.05, 3.63) is 56.8 Å². The van der Waals surface area contributed by atoms with E-state index >= 15 is 0 Å². The molecule has 2 rings (SSSR count). The van der Waals surface area contributed by atoms with Crippen LogP contribution in [-0.2, 0) is 12.5 Å². The summed E-state index contributed by atoms with van der Waals surface area (Å²) in [4.78, 5) is 0. The Hall–Kier alpha value is 3.07. The van der Waals surface area contributed by atoms with Gasteiger partial charge in [-0.1, -0.05) is 0 Å². The third-order valence-corrected chi connectivity index (χ3v) is 10.3. The maximum Gasteiger partial charge on any atom is 0.0692 e. The van der Waals surface area contributed by atoms with Crippen molar-refractivity contribution in [3.63, 3.8) is 0 Å². The molecule has 120 valence electrons. The van der Waals surface area contributed by atoms with E-state index in [2.05, 4.69) is 154 Å². The summed E-state index contributed by atoms with van der Waals surface area (Å²) in [6, 6.07) is 8.38. The van der Waals surface area contributed by atoms with Gasteiger partial charge in [-0.25, -0.2) is 0 Å². The first kappa shape index (κ1) is 23.1. The Morgan fingerprint density at radius 3 is 1.55 bits per heavy atom. The van der Waals surface area contributed by atoms with Crippen molar-refractivity contribution in [2.75, 3.05) is 0 Å². The number of hydrogen-bond acceptors (Lipinski definition) is 1. The monoisotopic (exact) mass is 989 g/mol. The lowest BCUT2D eigenvalue weighted by Gasteiger charge is -2.03. The quantitative estimate of drug-likeness (QED) is 0.192. The molecule has 0 aliphatic heterocycles. The van der Waals surface area contributed by atoms with Gasteiger partial charge in [0.2, 0.25) is 0 Å². The van der Waals surface area contributed by atoms with Gasteiger partial charge < -0.3 is 5.11 Å². The molecule has 0 spiro atoms. The van der Waals surface area contributed by atoms with Crippen LogP contribution in [0.4, 0.5) is 0 Å². The Labute approximate surface area is 217 Å². The van der Waals surface area contributed by atoms with E-state index in [1.54, 1.807) is 0 Å². The van der Waals surface area contributed by atoms with Gasteiger partial charge in [0.15, 0.2) is 0 Å². The molecule has 1 nitrogen and oxygen atoms in total. The third-order valence-electron chi connectivity index (χ3n) is 2.45. The van der Waals surface area contributed by atoms with Crippen LogP contribution in [0.1, 0.15) is 11.1 Å². The lowest BCUT2D eigenvalue weighted by atomic mass is 10.2. The number of benzene rings is 2. The molecule has 22 heavy (non-hydrogen) atoms. The largest absolute Gasteiger partial charge is 0.392 e. The molecule has 0 heterocycles. The first-order chi connectivity index (χ1) is 10.3. The molecule has 0 atom stereocenters. The summed E-state index contributed by atoms with van der Waals surface area (Å²) in [5, 5.41) is 8.96. The molecule has 0 aliphatic carbocycles. The third kappa shape index (κ3) is 7.36. The normalized spacial score (nSPS) is 10.2. The maximum absolute atomic E-state index is 8.96. The number of halogens is 7. The van der Waals surface area contributed by atoms with Crippen molar-refractivity contribution < 1.29 is 5.11 Å². The van der Waals surface area contributed by atoms with E-state index in [-0.39, 0.29) is 6.61 Å². The van der Waals surface area contributed by atoms with Crippen LogP contribution in [0.2, 0.25) is 0 Å². The van der Waals surface area contributed by atoms with Crippen LogP contribution < -0.4 is 0 Å². The zero-order chi connectivity index (χ0) is 16.9. The van der Waals surface area contributed by atoms with Gasteiger partial charge in [0, 0.05) is 27.3 Å². The Morgan fingerprint density at radius 1 is 0.727 bits per heavy atom. The minimum atomic E-state index is 0.130. The van der Waals surface area contributed by atoms with Gasteiger partial charge in [-0.3, -0.25) is 0 Å². The van der Waals surface area contributed by atoms with E-state index in [9.17, 15) is 0 Å². The second kappa shape index (κ2) is 11.7. The van der Waals surface area contributed by atoms with Crippen LogP contribution in [0.5, 0.6) is 0 Å². The van der Waals surface area contributed by atoms with Crippen molar-refractivity contribution in [1.82, 2.24) is 0 Å². The molecule has 0 amide bonds. The number of aliphatic hydroxyl groups is 1. The van der Waals surface area contributed by atoms with E-state index in [1.165, 1.54) is 23.4 Å². The van der Waals surface area contributed by atoms with Crippen LogP contribution in [0.25, 0.3) is 0 Å². The second-order valence-corrected chi connectivity index (χ2v) is 11.3. The summed E-state index contributed by atoms with van der Waals surface area (Å²) in [7, 11) is 0. The van der Waals surface area contributed by atoms with E-state index in [1.807, 2.05) is 6.07 Å². The predicted molar refractivity (Wildman–Crippen MR) is 145 cm³/mol. The maximum atomic E-state index is 8.96. The standard InChI is InChI=1S/C7H4ClI3.C7H5I3O/c8-3-4-1-5(9)2-6(10)7(4)11;8-5-1-4(3-11)7(10)6(9)2-5/h1-2H,3H2;1-2,11H,3H2. The van der Waals surface area contributed by atoms with Gasteiger partial charge in [0.25, 0.3) is 0 Å². The van der Waals surface area contributed by atoms with Crippen molar-refractivity contribution in [3.8, 4) is 0 Å². The van der Waals surface area contributed by atoms with Gasteiger partial charge in [-0.15, -0.1) is 11.6 Å². The van der Waals surface area contributed by atoms with E-state index in [0.29, 0.717) is 5.88 Å². The number of rotatable bonds is 2. The lowest BCUT2D eigenvalue weighted by molar-refractivity contribution is 0.281. The molecule has 0 aromatic heterocycles. The van der Waals surface area contributed by atoms with Crippen LogP contribution in [0.3, 0.4) is 0 Å². The molecule has 0 unspecified atom stereocenters. The fourth-order valence-electron chi connectivity index (χ4n) is 1.43. The van der Waals surface area contributed by atoms with Gasteiger partial charge in [0.05, 0.1) is 6.61 Å². The highest BCUT2D eigenvalue weighted by Crippen LogP contribution is 2.24. The topological polar surface area (TPSA) is 20.2 Å². The van der Waals surface area contributed by atoms with E-state index in [0.717, 1.165) is 9.13 Å². The van der Waals surface area contributed by atoms with Crippen LogP contribution in [0.15, 0.2) is 24.3 Å². The van der Waals surface area contributed by atoms with Gasteiger partial charge in [0.1, 0.15) is 0 Å². The molecule has 2 aromatic carbocycles. The zero-order valence-corrected chi connectivity index (χ0v) is 24.5. The summed E-state index contributed by atoms with van der Waals surface area (Å²) in [5.74, 6) is 0.602. The summed E-state index contributed by atoms with van der Waals surface area (Å²) < 4.78 is 7.36. The average Bonchev–Trinajstić information content (AvgIpc) is 2.47. The first-order valence-electron chi connectivity index (χ1n) is 5.73. The van der Waals surface area contributed by atoms with Gasteiger partial charge in [-0.2, -0.15) is 0 Å². The Balaban J connectivity index is 0.000000220. The molecular weight excluding hydrogens is 981 g/mol. The first-order valence-corrected chi connectivity index (χ1v) is 12.7. The number of hydrogen-bond donors (Lipinski definition) is 1. The minimum absolute atomic E-state index is 0.130. The smallest absolute Gasteiger partial charge is 0.0692 e. The predicted octanol–water partition coefficient (Wildman–Crippen LogP) is 7.23. The van der Waals surface area contributed by atoms with E-state index < -0.39 is 0 Å². The highest BCUT2D eigenvalue weighted by molar-refractivity contribution is 14.1. The molecule has 0 saturated carbocycles. The van der Waals surface area contributed by atoms with Crippen molar-refractivity contribution >= 4 is 147 Å². The van der Waals surface area contributed by atoms with Crippen molar-refractivity contribution in [2.24, 2.45) is 0 Å². The number of alkyl halides is 1. The Kier molecular flexibility index (Phi) is 12.3. The van der Waals surface area contributed by atoms with Crippen LogP contribution in [0, 0.1) is 21.4 Å². The van der Waals surface area contributed by atoms with Crippen LogP contribution >= 0.6 is 147 Å². The van der Waals surface area contributed by atoms with E-state index in [4.69, 9.17) is 16.7 Å². The summed E-state index contributed by atoms with van der Waals surface area (Å²) >= 11 is 19.5. The van der Waals surface area contributed by atoms with Gasteiger partial charge >= 0.3 is 0 Å². The summed E-state index contributed by atoms with van der Waals surface area (Å²) in [6.07, 6.45) is 0.